The molecule has 0 radical (unpaired) electrons. The first-order valence-corrected chi connectivity index (χ1v) is 7.11. The maximum Gasteiger partial charge on any atom is 0.238 e. The van der Waals surface area contributed by atoms with Crippen molar-refractivity contribution >= 4 is 11.6 Å². The maximum atomic E-state index is 11.8. The number of hydrogen-bond acceptors (Lipinski definition) is 4. The Morgan fingerprint density at radius 3 is 2.95 bits per heavy atom. The summed E-state index contributed by atoms with van der Waals surface area (Å²) < 4.78 is 11.3. The Bertz CT molecular complexity index is 488. The van der Waals surface area contributed by atoms with Crippen LogP contribution in [-0.4, -0.2) is 31.7 Å². The molecule has 1 aliphatic rings. The summed E-state index contributed by atoms with van der Waals surface area (Å²) in [5.41, 5.74) is 1.80. The van der Waals surface area contributed by atoms with Crippen LogP contribution in [0, 0.1) is 0 Å². The van der Waals surface area contributed by atoms with Crippen LogP contribution in [0.15, 0.2) is 12.1 Å². The van der Waals surface area contributed by atoms with Crippen molar-refractivity contribution in [3.05, 3.63) is 17.7 Å². The maximum absolute atomic E-state index is 11.8. The van der Waals surface area contributed by atoms with Crippen LogP contribution < -0.4 is 20.1 Å². The number of carbonyl (C=O) groups excluding carboxylic acids is 1. The second-order valence-corrected chi connectivity index (χ2v) is 4.85. The summed E-state index contributed by atoms with van der Waals surface area (Å²) in [6.45, 7) is 7.53. The van der Waals surface area contributed by atoms with E-state index in [2.05, 4.69) is 10.6 Å². The highest BCUT2D eigenvalue weighted by molar-refractivity contribution is 5.94. The Morgan fingerprint density at radius 1 is 1.45 bits per heavy atom. The van der Waals surface area contributed by atoms with Gasteiger partial charge in [0.1, 0.15) is 17.6 Å². The number of nitrogens with one attached hydrogen (secondary N) is 2. The minimum Gasteiger partial charge on any atom is -0.492 e. The van der Waals surface area contributed by atoms with Crippen LogP contribution in [0.5, 0.6) is 11.5 Å². The molecule has 0 spiro atoms. The van der Waals surface area contributed by atoms with Gasteiger partial charge in [-0.3, -0.25) is 4.79 Å². The molecule has 1 aliphatic heterocycles. The monoisotopic (exact) mass is 278 g/mol. The highest BCUT2D eigenvalue weighted by Gasteiger charge is 2.22. The van der Waals surface area contributed by atoms with E-state index in [0.29, 0.717) is 18.0 Å². The van der Waals surface area contributed by atoms with Crippen LogP contribution in [0.25, 0.3) is 0 Å². The number of ether oxygens (including phenoxy) is 2. The quantitative estimate of drug-likeness (QED) is 0.835. The number of likely N-dealkylation sites (N-methyl/N-ethyl adjacent to an activating group) is 1. The highest BCUT2D eigenvalue weighted by atomic mass is 16.5. The van der Waals surface area contributed by atoms with Gasteiger partial charge in [0, 0.05) is 18.1 Å². The van der Waals surface area contributed by atoms with E-state index >= 15 is 0 Å². The van der Waals surface area contributed by atoms with E-state index in [4.69, 9.17) is 9.47 Å². The molecule has 1 aromatic carbocycles. The number of anilines is 1. The third kappa shape index (κ3) is 3.42. The summed E-state index contributed by atoms with van der Waals surface area (Å²) in [4.78, 5) is 11.8. The van der Waals surface area contributed by atoms with Crippen LogP contribution >= 0.6 is 0 Å². The van der Waals surface area contributed by atoms with Crippen molar-refractivity contribution in [2.75, 3.05) is 25.0 Å². The standard InChI is InChI=1S/C15H22N2O3/c1-4-16-9-15(18)17-12-8-13-11(6-10(3)20-13)7-14(12)19-5-2/h7-8,10,16H,4-6,9H2,1-3H3,(H,17,18). The highest BCUT2D eigenvalue weighted by Crippen LogP contribution is 2.37. The van der Waals surface area contributed by atoms with Crippen molar-refractivity contribution in [1.82, 2.24) is 5.32 Å². The van der Waals surface area contributed by atoms with Gasteiger partial charge in [-0.25, -0.2) is 0 Å². The Kier molecular flexibility index (Phi) is 4.84. The summed E-state index contributed by atoms with van der Waals surface area (Å²) in [7, 11) is 0. The number of rotatable bonds is 6. The van der Waals surface area contributed by atoms with Crippen molar-refractivity contribution in [1.29, 1.82) is 0 Å². The predicted molar refractivity (Wildman–Crippen MR) is 78.6 cm³/mol. The summed E-state index contributed by atoms with van der Waals surface area (Å²) in [6, 6.07) is 3.82. The lowest BCUT2D eigenvalue weighted by Crippen LogP contribution is -2.27. The number of amides is 1. The lowest BCUT2D eigenvalue weighted by molar-refractivity contribution is -0.115. The summed E-state index contributed by atoms with van der Waals surface area (Å²) in [5, 5.41) is 5.86. The van der Waals surface area contributed by atoms with E-state index in [9.17, 15) is 4.79 Å². The molecule has 20 heavy (non-hydrogen) atoms. The largest absolute Gasteiger partial charge is 0.492 e. The third-order valence-corrected chi connectivity index (χ3v) is 3.11. The fourth-order valence-electron chi connectivity index (χ4n) is 2.24. The number of hydrogen-bond donors (Lipinski definition) is 2. The van der Waals surface area contributed by atoms with Gasteiger partial charge in [0.2, 0.25) is 5.91 Å². The molecular formula is C15H22N2O3. The lowest BCUT2D eigenvalue weighted by atomic mass is 10.1. The molecular weight excluding hydrogens is 256 g/mol. The molecule has 1 atom stereocenters. The van der Waals surface area contributed by atoms with Gasteiger partial charge < -0.3 is 20.1 Å². The van der Waals surface area contributed by atoms with Gasteiger partial charge in [0.05, 0.1) is 18.8 Å². The molecule has 5 heteroatoms. The molecule has 2 N–H and O–H groups in total. The molecule has 1 aromatic rings. The average Bonchev–Trinajstić information content (AvgIpc) is 2.76. The van der Waals surface area contributed by atoms with Crippen molar-refractivity contribution in [3.63, 3.8) is 0 Å². The first-order chi connectivity index (χ1) is 9.63. The predicted octanol–water partition coefficient (Wildman–Crippen LogP) is 1.96. The zero-order chi connectivity index (χ0) is 14.5. The van der Waals surface area contributed by atoms with Gasteiger partial charge in [-0.2, -0.15) is 0 Å². The van der Waals surface area contributed by atoms with Crippen LogP contribution in [0.4, 0.5) is 5.69 Å². The van der Waals surface area contributed by atoms with E-state index in [1.54, 1.807) is 0 Å². The summed E-state index contributed by atoms with van der Waals surface area (Å²) >= 11 is 0. The Labute approximate surface area is 119 Å². The lowest BCUT2D eigenvalue weighted by Gasteiger charge is -2.13. The Morgan fingerprint density at radius 2 is 2.25 bits per heavy atom. The smallest absolute Gasteiger partial charge is 0.238 e. The van der Waals surface area contributed by atoms with Crippen molar-refractivity contribution in [2.45, 2.75) is 33.3 Å². The molecule has 0 aliphatic carbocycles. The first-order valence-electron chi connectivity index (χ1n) is 7.11. The minimum atomic E-state index is -0.0844. The second-order valence-electron chi connectivity index (χ2n) is 4.85. The zero-order valence-electron chi connectivity index (χ0n) is 12.3. The Hall–Kier alpha value is -1.75. The van der Waals surface area contributed by atoms with E-state index in [0.717, 1.165) is 24.3 Å². The van der Waals surface area contributed by atoms with E-state index < -0.39 is 0 Å². The average molecular weight is 278 g/mol. The number of fused-ring (bicyclic) bond motifs is 1. The molecule has 5 nitrogen and oxygen atoms in total. The topological polar surface area (TPSA) is 59.6 Å². The minimum absolute atomic E-state index is 0.0844. The third-order valence-electron chi connectivity index (χ3n) is 3.11. The van der Waals surface area contributed by atoms with Gasteiger partial charge in [-0.15, -0.1) is 0 Å². The van der Waals surface area contributed by atoms with Crippen molar-refractivity contribution in [3.8, 4) is 11.5 Å². The van der Waals surface area contributed by atoms with Crippen LogP contribution in [0.1, 0.15) is 26.3 Å². The van der Waals surface area contributed by atoms with Crippen molar-refractivity contribution < 1.29 is 14.3 Å². The van der Waals surface area contributed by atoms with Gasteiger partial charge >= 0.3 is 0 Å². The fourth-order valence-corrected chi connectivity index (χ4v) is 2.24. The van der Waals surface area contributed by atoms with Gasteiger partial charge in [0.15, 0.2) is 0 Å². The van der Waals surface area contributed by atoms with Crippen LogP contribution in [0.3, 0.4) is 0 Å². The number of carbonyl (C=O) groups is 1. The molecule has 0 fully saturated rings. The first kappa shape index (κ1) is 14.7. The van der Waals surface area contributed by atoms with Crippen LogP contribution in [0.2, 0.25) is 0 Å². The number of benzene rings is 1. The SMILES string of the molecule is CCNCC(=O)Nc1cc2c(cc1OCC)CC(C)O2. The molecule has 2 rings (SSSR count). The van der Waals surface area contributed by atoms with Crippen molar-refractivity contribution in [2.24, 2.45) is 0 Å². The van der Waals surface area contributed by atoms with Gasteiger partial charge in [-0.1, -0.05) is 6.92 Å². The fraction of sp³-hybridized carbons (Fsp3) is 0.533. The molecule has 1 unspecified atom stereocenters. The summed E-state index contributed by atoms with van der Waals surface area (Å²) in [5.74, 6) is 1.45. The normalized spacial score (nSPS) is 16.4. The molecule has 0 saturated heterocycles. The van der Waals surface area contributed by atoms with E-state index in [1.807, 2.05) is 32.9 Å². The second kappa shape index (κ2) is 6.61. The zero-order valence-corrected chi connectivity index (χ0v) is 12.3. The van der Waals surface area contributed by atoms with E-state index in [-0.39, 0.29) is 18.6 Å². The molecule has 1 heterocycles. The summed E-state index contributed by atoms with van der Waals surface area (Å²) in [6.07, 6.45) is 1.05. The molecule has 0 saturated carbocycles. The van der Waals surface area contributed by atoms with E-state index in [1.165, 1.54) is 0 Å². The molecule has 0 bridgehead atoms. The molecule has 1 amide bonds. The van der Waals surface area contributed by atoms with Gasteiger partial charge in [0.25, 0.3) is 0 Å². The Balaban J connectivity index is 2.18. The molecule has 110 valence electrons. The molecule has 0 aromatic heterocycles. The van der Waals surface area contributed by atoms with Crippen LogP contribution in [-0.2, 0) is 11.2 Å². The van der Waals surface area contributed by atoms with Gasteiger partial charge in [-0.05, 0) is 26.5 Å².